The number of rotatable bonds is 8. The molecule has 0 aliphatic carbocycles. The number of ether oxygens (including phenoxy) is 3. The van der Waals surface area contributed by atoms with Crippen molar-refractivity contribution in [3.05, 3.63) is 65.7 Å². The van der Waals surface area contributed by atoms with Crippen LogP contribution in [0.3, 0.4) is 0 Å². The first-order chi connectivity index (χ1) is 16.4. The van der Waals surface area contributed by atoms with Crippen LogP contribution in [-0.2, 0) is 19.0 Å². The van der Waals surface area contributed by atoms with Crippen LogP contribution in [0.2, 0.25) is 0 Å². The maximum atomic E-state index is 12.8. The van der Waals surface area contributed by atoms with Crippen molar-refractivity contribution in [3.63, 3.8) is 0 Å². The van der Waals surface area contributed by atoms with Gasteiger partial charge in [0.1, 0.15) is 11.7 Å². The quantitative estimate of drug-likeness (QED) is 0.324. The number of carbonyl (C=O) groups is 3. The van der Waals surface area contributed by atoms with Gasteiger partial charge in [0.15, 0.2) is 0 Å². The Balaban J connectivity index is 1.61. The molecule has 1 amide bonds. The average Bonchev–Trinajstić information content (AvgIpc) is 2.85. The van der Waals surface area contributed by atoms with Crippen molar-refractivity contribution in [3.8, 4) is 5.75 Å². The number of hydrogen-bond donors (Lipinski definition) is 2. The largest absolute Gasteiger partial charge is 0.468 e. The Morgan fingerprint density at radius 3 is 2.38 bits per heavy atom. The minimum atomic E-state index is -2.56. The van der Waals surface area contributed by atoms with Crippen LogP contribution >= 0.6 is 8.60 Å². The highest BCUT2D eigenvalue weighted by atomic mass is 31.2. The van der Waals surface area contributed by atoms with E-state index in [9.17, 15) is 14.4 Å². The van der Waals surface area contributed by atoms with E-state index >= 15 is 0 Å². The summed E-state index contributed by atoms with van der Waals surface area (Å²) < 4.78 is 20.0. The van der Waals surface area contributed by atoms with Gasteiger partial charge in [0.25, 0.3) is 0 Å². The lowest BCUT2D eigenvalue weighted by Gasteiger charge is -2.38. The van der Waals surface area contributed by atoms with E-state index in [1.165, 1.54) is 36.3 Å². The molecule has 0 radical (unpaired) electrons. The SMILES string of the molecule is COC(=O)C(c1ccccc1)C1CCCCN1C(=O)OCOC(=O)c1ccc(OP(O)O)cc1. The fourth-order valence-electron chi connectivity index (χ4n) is 3.88. The first-order valence-corrected chi connectivity index (χ1v) is 11.8. The van der Waals surface area contributed by atoms with Crippen molar-refractivity contribution < 1.29 is 42.9 Å². The van der Waals surface area contributed by atoms with E-state index in [4.69, 9.17) is 28.5 Å². The molecule has 1 aliphatic rings. The summed E-state index contributed by atoms with van der Waals surface area (Å²) in [6.45, 7) is -0.205. The second-order valence-corrected chi connectivity index (χ2v) is 8.18. The van der Waals surface area contributed by atoms with Crippen LogP contribution in [0.15, 0.2) is 54.6 Å². The maximum absolute atomic E-state index is 12.8. The fraction of sp³-hybridized carbons (Fsp3) is 0.348. The second-order valence-electron chi connectivity index (χ2n) is 7.50. The molecule has 1 heterocycles. The third-order valence-corrected chi connectivity index (χ3v) is 5.81. The average molecular weight is 491 g/mol. The number of amides is 1. The van der Waals surface area contributed by atoms with E-state index in [2.05, 4.69) is 0 Å². The van der Waals surface area contributed by atoms with Crippen LogP contribution in [0.4, 0.5) is 4.79 Å². The minimum Gasteiger partial charge on any atom is -0.468 e. The molecule has 3 rings (SSSR count). The van der Waals surface area contributed by atoms with Crippen LogP contribution in [0, 0.1) is 0 Å². The molecule has 2 N–H and O–H groups in total. The molecule has 1 aliphatic heterocycles. The third kappa shape index (κ3) is 6.66. The molecule has 11 heteroatoms. The van der Waals surface area contributed by atoms with Gasteiger partial charge in [-0.15, -0.1) is 0 Å². The van der Waals surface area contributed by atoms with Crippen LogP contribution < -0.4 is 4.52 Å². The Bertz CT molecular complexity index is 968. The zero-order valence-electron chi connectivity index (χ0n) is 18.5. The van der Waals surface area contributed by atoms with E-state index < -0.39 is 45.4 Å². The van der Waals surface area contributed by atoms with Gasteiger partial charge in [-0.05, 0) is 49.1 Å². The summed E-state index contributed by atoms with van der Waals surface area (Å²) in [5, 5.41) is 0. The number of nitrogens with zero attached hydrogens (tertiary/aromatic N) is 1. The number of carbonyl (C=O) groups excluding carboxylic acids is 3. The summed E-state index contributed by atoms with van der Waals surface area (Å²) in [5.41, 5.74) is 0.905. The van der Waals surface area contributed by atoms with Gasteiger partial charge in [-0.25, -0.2) is 9.59 Å². The van der Waals surface area contributed by atoms with Crippen molar-refractivity contribution in [2.75, 3.05) is 20.4 Å². The number of esters is 2. The third-order valence-electron chi connectivity index (χ3n) is 5.43. The molecule has 2 atom stereocenters. The zero-order valence-corrected chi connectivity index (χ0v) is 19.4. The standard InChI is InChI=1S/C23H26NO9P/c1-30-22(26)20(16-7-3-2-4-8-16)19-9-5-6-14-24(19)23(27)32-15-31-21(25)17-10-12-18(13-11-17)33-34(28)29/h2-4,7-8,10-13,19-20,28-29H,5-6,9,14-15H2,1H3. The number of benzene rings is 2. The van der Waals surface area contributed by atoms with E-state index in [1.807, 2.05) is 30.3 Å². The highest BCUT2D eigenvalue weighted by Crippen LogP contribution is 2.32. The molecule has 10 nitrogen and oxygen atoms in total. The molecule has 2 unspecified atom stereocenters. The van der Waals surface area contributed by atoms with Crippen molar-refractivity contribution in [2.45, 2.75) is 31.2 Å². The lowest BCUT2D eigenvalue weighted by atomic mass is 9.85. The summed E-state index contributed by atoms with van der Waals surface area (Å²) in [5.74, 6) is -1.67. The summed E-state index contributed by atoms with van der Waals surface area (Å²) in [6, 6.07) is 14.2. The summed E-state index contributed by atoms with van der Waals surface area (Å²) >= 11 is 0. The van der Waals surface area contributed by atoms with Gasteiger partial charge in [-0.3, -0.25) is 4.79 Å². The smallest absolute Gasteiger partial charge is 0.412 e. The molecule has 0 aromatic heterocycles. The Morgan fingerprint density at radius 1 is 1.03 bits per heavy atom. The van der Waals surface area contributed by atoms with Crippen molar-refractivity contribution in [1.82, 2.24) is 4.90 Å². The Labute approximate surface area is 198 Å². The van der Waals surface area contributed by atoms with E-state index in [0.29, 0.717) is 13.0 Å². The Morgan fingerprint density at radius 2 is 1.74 bits per heavy atom. The van der Waals surface area contributed by atoms with Crippen molar-refractivity contribution in [2.24, 2.45) is 0 Å². The molecule has 0 bridgehead atoms. The van der Waals surface area contributed by atoms with Crippen LogP contribution in [-0.4, -0.2) is 59.2 Å². The van der Waals surface area contributed by atoms with Gasteiger partial charge in [0.2, 0.25) is 6.79 Å². The zero-order chi connectivity index (χ0) is 24.5. The predicted molar refractivity (Wildman–Crippen MR) is 121 cm³/mol. The number of methoxy groups -OCH3 is 1. The molecule has 0 spiro atoms. The van der Waals surface area contributed by atoms with Gasteiger partial charge < -0.3 is 33.4 Å². The Hall–Kier alpha value is -3.20. The van der Waals surface area contributed by atoms with Crippen LogP contribution in [0.25, 0.3) is 0 Å². The summed E-state index contributed by atoms with van der Waals surface area (Å²) in [4.78, 5) is 56.8. The molecule has 1 saturated heterocycles. The van der Waals surface area contributed by atoms with Gasteiger partial charge in [0.05, 0.1) is 18.7 Å². The predicted octanol–water partition coefficient (Wildman–Crippen LogP) is 3.34. The van der Waals surface area contributed by atoms with Gasteiger partial charge in [-0.2, -0.15) is 0 Å². The normalized spacial score (nSPS) is 16.5. The van der Waals surface area contributed by atoms with Crippen LogP contribution in [0.5, 0.6) is 5.75 Å². The maximum Gasteiger partial charge on any atom is 0.412 e. The number of likely N-dealkylation sites (tertiary alicyclic amines) is 1. The van der Waals surface area contributed by atoms with Gasteiger partial charge in [0, 0.05) is 6.54 Å². The van der Waals surface area contributed by atoms with E-state index in [-0.39, 0.29) is 11.3 Å². The molecule has 2 aromatic rings. The molecule has 0 saturated carbocycles. The number of hydrogen-bond acceptors (Lipinski definition) is 9. The Kier molecular flexibility index (Phi) is 9.21. The lowest BCUT2D eigenvalue weighted by Crippen LogP contribution is -2.49. The minimum absolute atomic E-state index is 0.161. The second kappa shape index (κ2) is 12.3. The molecular weight excluding hydrogens is 465 g/mol. The lowest BCUT2D eigenvalue weighted by molar-refractivity contribution is -0.144. The molecule has 34 heavy (non-hydrogen) atoms. The summed E-state index contributed by atoms with van der Waals surface area (Å²) in [6.07, 6.45) is 1.51. The molecule has 1 fully saturated rings. The van der Waals surface area contributed by atoms with Crippen molar-refractivity contribution >= 4 is 26.6 Å². The molecule has 182 valence electrons. The van der Waals surface area contributed by atoms with Crippen molar-refractivity contribution in [1.29, 1.82) is 0 Å². The monoisotopic (exact) mass is 491 g/mol. The van der Waals surface area contributed by atoms with E-state index in [1.54, 1.807) is 0 Å². The highest BCUT2D eigenvalue weighted by Gasteiger charge is 2.39. The van der Waals surface area contributed by atoms with Gasteiger partial charge >= 0.3 is 26.6 Å². The first kappa shape index (κ1) is 25.4. The fourth-order valence-corrected chi connectivity index (χ4v) is 4.19. The molecule has 2 aromatic carbocycles. The summed E-state index contributed by atoms with van der Waals surface area (Å²) in [7, 11) is -1.25. The first-order valence-electron chi connectivity index (χ1n) is 10.6. The number of piperidine rings is 1. The van der Waals surface area contributed by atoms with Crippen LogP contribution in [0.1, 0.15) is 41.1 Å². The van der Waals surface area contributed by atoms with E-state index in [0.717, 1.165) is 18.4 Å². The molecular formula is C23H26NO9P. The van der Waals surface area contributed by atoms with Gasteiger partial charge in [-0.1, -0.05) is 30.3 Å². The highest BCUT2D eigenvalue weighted by molar-refractivity contribution is 7.39. The topological polar surface area (TPSA) is 132 Å².